The van der Waals surface area contributed by atoms with Gasteiger partial charge in [-0.1, -0.05) is 30.7 Å². The number of rotatable bonds is 6. The standard InChI is InChI=1S/C16H21ClIN3/c1-4-9-19-15(12-5-7-13(18)8-6-12)16-14(17)10-20-21(16)11(2)3/h5-8,10-11,15,19H,4,9H2,1-3H3. The first-order valence-corrected chi connectivity index (χ1v) is 8.72. The van der Waals surface area contributed by atoms with Gasteiger partial charge in [0.2, 0.25) is 0 Å². The van der Waals surface area contributed by atoms with Crippen molar-refractivity contribution in [1.29, 1.82) is 0 Å². The first-order chi connectivity index (χ1) is 10.0. The van der Waals surface area contributed by atoms with Crippen molar-refractivity contribution in [2.24, 2.45) is 0 Å². The van der Waals surface area contributed by atoms with E-state index < -0.39 is 0 Å². The number of nitrogens with one attached hydrogen (secondary N) is 1. The fraction of sp³-hybridized carbons (Fsp3) is 0.438. The first kappa shape index (κ1) is 16.8. The summed E-state index contributed by atoms with van der Waals surface area (Å²) in [7, 11) is 0. The maximum absolute atomic E-state index is 6.42. The summed E-state index contributed by atoms with van der Waals surface area (Å²) >= 11 is 8.74. The monoisotopic (exact) mass is 417 g/mol. The largest absolute Gasteiger partial charge is 0.305 e. The molecule has 0 fully saturated rings. The molecule has 1 N–H and O–H groups in total. The number of hydrogen-bond acceptors (Lipinski definition) is 2. The molecule has 114 valence electrons. The van der Waals surface area contributed by atoms with Crippen LogP contribution in [0.4, 0.5) is 0 Å². The molecule has 1 unspecified atom stereocenters. The lowest BCUT2D eigenvalue weighted by Crippen LogP contribution is -2.26. The van der Waals surface area contributed by atoms with E-state index in [9.17, 15) is 0 Å². The van der Waals surface area contributed by atoms with Crippen molar-refractivity contribution >= 4 is 34.2 Å². The minimum atomic E-state index is 0.0688. The molecule has 0 amide bonds. The average molecular weight is 418 g/mol. The zero-order valence-electron chi connectivity index (χ0n) is 12.6. The molecular weight excluding hydrogens is 397 g/mol. The van der Waals surface area contributed by atoms with Crippen molar-refractivity contribution in [2.75, 3.05) is 6.54 Å². The Morgan fingerprint density at radius 2 is 1.95 bits per heavy atom. The Morgan fingerprint density at radius 3 is 2.52 bits per heavy atom. The zero-order valence-corrected chi connectivity index (χ0v) is 15.5. The third-order valence-corrected chi connectivity index (χ3v) is 4.36. The van der Waals surface area contributed by atoms with Crippen molar-refractivity contribution in [3.8, 4) is 0 Å². The van der Waals surface area contributed by atoms with E-state index in [0.29, 0.717) is 0 Å². The molecule has 21 heavy (non-hydrogen) atoms. The van der Waals surface area contributed by atoms with Crippen molar-refractivity contribution < 1.29 is 0 Å². The number of hydrogen-bond donors (Lipinski definition) is 1. The summed E-state index contributed by atoms with van der Waals surface area (Å²) in [6.07, 6.45) is 2.82. The molecule has 1 atom stereocenters. The number of nitrogens with zero attached hydrogens (tertiary/aromatic N) is 2. The van der Waals surface area contributed by atoms with Gasteiger partial charge in [-0.2, -0.15) is 5.10 Å². The number of aromatic nitrogens is 2. The van der Waals surface area contributed by atoms with Crippen molar-refractivity contribution in [3.05, 3.63) is 50.3 Å². The minimum absolute atomic E-state index is 0.0688. The maximum Gasteiger partial charge on any atom is 0.0837 e. The number of halogens is 2. The zero-order chi connectivity index (χ0) is 15.4. The third kappa shape index (κ3) is 3.99. The summed E-state index contributed by atoms with van der Waals surface area (Å²) in [5, 5.41) is 8.74. The SMILES string of the molecule is CCCNC(c1ccc(I)cc1)c1c(Cl)cnn1C(C)C. The van der Waals surface area contributed by atoms with Gasteiger partial charge in [0.25, 0.3) is 0 Å². The van der Waals surface area contributed by atoms with Gasteiger partial charge in [-0.05, 0) is 67.1 Å². The smallest absolute Gasteiger partial charge is 0.0837 e. The molecule has 5 heteroatoms. The predicted octanol–water partition coefficient (Wildman–Crippen LogP) is 4.81. The van der Waals surface area contributed by atoms with Gasteiger partial charge in [-0.3, -0.25) is 4.68 Å². The predicted molar refractivity (Wildman–Crippen MR) is 96.9 cm³/mol. The Kier molecular flexibility index (Phi) is 6.08. The molecule has 0 aliphatic heterocycles. The highest BCUT2D eigenvalue weighted by molar-refractivity contribution is 14.1. The second kappa shape index (κ2) is 7.61. The van der Waals surface area contributed by atoms with E-state index in [0.717, 1.165) is 23.7 Å². The van der Waals surface area contributed by atoms with Gasteiger partial charge in [-0.15, -0.1) is 0 Å². The normalized spacial score (nSPS) is 12.9. The van der Waals surface area contributed by atoms with Crippen LogP contribution in [0, 0.1) is 3.57 Å². The Hall–Kier alpha value is -0.590. The highest BCUT2D eigenvalue weighted by atomic mass is 127. The molecule has 0 radical (unpaired) electrons. The fourth-order valence-corrected chi connectivity index (χ4v) is 2.95. The molecular formula is C16H21ClIN3. The highest BCUT2D eigenvalue weighted by Gasteiger charge is 2.22. The van der Waals surface area contributed by atoms with Gasteiger partial charge in [0.15, 0.2) is 0 Å². The van der Waals surface area contributed by atoms with E-state index in [-0.39, 0.29) is 12.1 Å². The first-order valence-electron chi connectivity index (χ1n) is 7.26. The van der Waals surface area contributed by atoms with Crippen LogP contribution in [0.15, 0.2) is 30.5 Å². The van der Waals surface area contributed by atoms with Gasteiger partial charge >= 0.3 is 0 Å². The van der Waals surface area contributed by atoms with Crippen LogP contribution in [0.5, 0.6) is 0 Å². The van der Waals surface area contributed by atoms with Crippen LogP contribution in [-0.2, 0) is 0 Å². The van der Waals surface area contributed by atoms with Gasteiger partial charge in [-0.25, -0.2) is 0 Å². The lowest BCUT2D eigenvalue weighted by Gasteiger charge is -2.22. The van der Waals surface area contributed by atoms with Crippen LogP contribution >= 0.6 is 34.2 Å². The molecule has 3 nitrogen and oxygen atoms in total. The molecule has 0 spiro atoms. The third-order valence-electron chi connectivity index (χ3n) is 3.35. The fourth-order valence-electron chi connectivity index (χ4n) is 2.35. The number of benzene rings is 1. The van der Waals surface area contributed by atoms with Gasteiger partial charge in [0, 0.05) is 9.61 Å². The molecule has 0 aliphatic carbocycles. The van der Waals surface area contributed by atoms with Crippen molar-refractivity contribution in [3.63, 3.8) is 0 Å². The summed E-state index contributed by atoms with van der Waals surface area (Å²) in [5.74, 6) is 0. The quantitative estimate of drug-likeness (QED) is 0.684. The van der Waals surface area contributed by atoms with E-state index >= 15 is 0 Å². The van der Waals surface area contributed by atoms with Gasteiger partial charge in [0.1, 0.15) is 0 Å². The topological polar surface area (TPSA) is 29.9 Å². The highest BCUT2D eigenvalue weighted by Crippen LogP contribution is 2.30. The molecule has 0 bridgehead atoms. The molecule has 1 aromatic heterocycles. The lowest BCUT2D eigenvalue weighted by atomic mass is 10.0. The van der Waals surface area contributed by atoms with Crippen molar-refractivity contribution in [1.82, 2.24) is 15.1 Å². The maximum atomic E-state index is 6.42. The molecule has 2 rings (SSSR count). The summed E-state index contributed by atoms with van der Waals surface area (Å²) < 4.78 is 3.24. The van der Waals surface area contributed by atoms with E-state index in [4.69, 9.17) is 11.6 Å². The molecule has 1 aromatic carbocycles. The summed E-state index contributed by atoms with van der Waals surface area (Å²) in [6.45, 7) is 7.35. The second-order valence-corrected chi connectivity index (χ2v) is 7.01. The molecule has 2 aromatic rings. The molecule has 0 aliphatic rings. The van der Waals surface area contributed by atoms with Crippen molar-refractivity contribution in [2.45, 2.75) is 39.3 Å². The molecule has 0 saturated heterocycles. The van der Waals surface area contributed by atoms with Crippen LogP contribution in [0.1, 0.15) is 50.5 Å². The summed E-state index contributed by atoms with van der Waals surface area (Å²) in [5.41, 5.74) is 2.26. The Labute approximate surface area is 145 Å². The van der Waals surface area contributed by atoms with Crippen LogP contribution in [0.3, 0.4) is 0 Å². The molecule has 1 heterocycles. The van der Waals surface area contributed by atoms with Gasteiger partial charge < -0.3 is 5.32 Å². The molecule has 0 saturated carbocycles. The van der Waals surface area contributed by atoms with Gasteiger partial charge in [0.05, 0.1) is 23.0 Å². The van der Waals surface area contributed by atoms with E-state index in [2.05, 4.69) is 78.0 Å². The summed E-state index contributed by atoms with van der Waals surface area (Å²) in [4.78, 5) is 0. The lowest BCUT2D eigenvalue weighted by molar-refractivity contribution is 0.472. The van der Waals surface area contributed by atoms with Crippen LogP contribution < -0.4 is 5.32 Å². The Bertz CT molecular complexity index is 578. The van der Waals surface area contributed by atoms with E-state index in [1.807, 2.05) is 4.68 Å². The van der Waals surface area contributed by atoms with Crippen LogP contribution in [0.25, 0.3) is 0 Å². The van der Waals surface area contributed by atoms with E-state index in [1.54, 1.807) is 6.20 Å². The Morgan fingerprint density at radius 1 is 1.29 bits per heavy atom. The second-order valence-electron chi connectivity index (χ2n) is 5.35. The Balaban J connectivity index is 2.45. The average Bonchev–Trinajstić information content (AvgIpc) is 2.83. The van der Waals surface area contributed by atoms with Crippen LogP contribution in [-0.4, -0.2) is 16.3 Å². The van der Waals surface area contributed by atoms with Crippen LogP contribution in [0.2, 0.25) is 5.02 Å². The summed E-state index contributed by atoms with van der Waals surface area (Å²) in [6, 6.07) is 8.91. The minimum Gasteiger partial charge on any atom is -0.305 e. The van der Waals surface area contributed by atoms with E-state index in [1.165, 1.54) is 9.13 Å².